The Bertz CT molecular complexity index is 1070. The summed E-state index contributed by atoms with van der Waals surface area (Å²) in [6.07, 6.45) is 1.72. The molecule has 0 aliphatic heterocycles. The fraction of sp³-hybridized carbons (Fsp3) is 0.0435. The summed E-state index contributed by atoms with van der Waals surface area (Å²) in [5.41, 5.74) is 2.95. The van der Waals surface area contributed by atoms with Gasteiger partial charge in [0.05, 0.1) is 5.69 Å². The molecule has 0 saturated heterocycles. The van der Waals surface area contributed by atoms with Crippen molar-refractivity contribution in [3.05, 3.63) is 96.7 Å². The molecule has 1 aromatic heterocycles. The van der Waals surface area contributed by atoms with Crippen LogP contribution < -0.4 is 15.4 Å². The molecule has 0 fully saturated rings. The summed E-state index contributed by atoms with van der Waals surface area (Å²) < 4.78 is 6.00. The van der Waals surface area contributed by atoms with Crippen LogP contribution in [0.4, 0.5) is 23.1 Å². The van der Waals surface area contributed by atoms with E-state index in [-0.39, 0.29) is 0 Å². The molecule has 5 nitrogen and oxygen atoms in total. The van der Waals surface area contributed by atoms with Gasteiger partial charge in [-0.15, -0.1) is 0 Å². The van der Waals surface area contributed by atoms with Crippen molar-refractivity contribution in [2.45, 2.75) is 6.92 Å². The standard InChI is InChI=1S/C23H20N4O/c1-17-8-7-9-18(16-17)25-23-24-15-14-22(27-23)26-20-12-5-6-13-21(20)28-19-10-3-2-4-11-19/h2-16H,1H3,(H2,24,25,26,27). The summed E-state index contributed by atoms with van der Waals surface area (Å²) in [4.78, 5) is 8.85. The molecule has 0 radical (unpaired) electrons. The molecule has 4 rings (SSSR count). The smallest absolute Gasteiger partial charge is 0.229 e. The number of aromatic nitrogens is 2. The third-order valence-electron chi connectivity index (χ3n) is 4.05. The van der Waals surface area contributed by atoms with Gasteiger partial charge in [-0.2, -0.15) is 4.98 Å². The molecule has 0 bridgehead atoms. The molecular weight excluding hydrogens is 348 g/mol. The Morgan fingerprint density at radius 2 is 1.61 bits per heavy atom. The monoisotopic (exact) mass is 368 g/mol. The average Bonchev–Trinajstić information content (AvgIpc) is 2.71. The van der Waals surface area contributed by atoms with Gasteiger partial charge in [-0.3, -0.25) is 0 Å². The molecule has 28 heavy (non-hydrogen) atoms. The van der Waals surface area contributed by atoms with Crippen LogP contribution in [0, 0.1) is 6.92 Å². The Kier molecular flexibility index (Phi) is 5.15. The molecule has 0 aliphatic carbocycles. The lowest BCUT2D eigenvalue weighted by molar-refractivity contribution is 0.485. The maximum atomic E-state index is 6.00. The van der Waals surface area contributed by atoms with E-state index in [2.05, 4.69) is 20.6 Å². The highest BCUT2D eigenvalue weighted by atomic mass is 16.5. The van der Waals surface area contributed by atoms with Crippen molar-refractivity contribution >= 4 is 23.1 Å². The van der Waals surface area contributed by atoms with Gasteiger partial charge in [0.1, 0.15) is 11.6 Å². The first-order valence-electron chi connectivity index (χ1n) is 9.02. The Labute approximate surface area is 164 Å². The van der Waals surface area contributed by atoms with E-state index >= 15 is 0 Å². The zero-order valence-electron chi connectivity index (χ0n) is 15.5. The van der Waals surface area contributed by atoms with Crippen molar-refractivity contribution in [3.8, 4) is 11.5 Å². The van der Waals surface area contributed by atoms with Gasteiger partial charge in [-0.05, 0) is 55.0 Å². The number of hydrogen-bond donors (Lipinski definition) is 2. The molecule has 0 saturated carbocycles. The van der Waals surface area contributed by atoms with Crippen molar-refractivity contribution < 1.29 is 4.74 Å². The van der Waals surface area contributed by atoms with Gasteiger partial charge in [0.25, 0.3) is 0 Å². The number of nitrogens with one attached hydrogen (secondary N) is 2. The van der Waals surface area contributed by atoms with E-state index < -0.39 is 0 Å². The number of rotatable bonds is 6. The van der Waals surface area contributed by atoms with E-state index in [4.69, 9.17) is 4.74 Å². The van der Waals surface area contributed by atoms with Crippen LogP contribution in [-0.2, 0) is 0 Å². The maximum absolute atomic E-state index is 6.00. The molecule has 138 valence electrons. The lowest BCUT2D eigenvalue weighted by atomic mass is 10.2. The molecule has 1 heterocycles. The molecule has 4 aromatic rings. The topological polar surface area (TPSA) is 59.1 Å². The first-order chi connectivity index (χ1) is 13.8. The Balaban J connectivity index is 1.53. The van der Waals surface area contributed by atoms with E-state index in [1.165, 1.54) is 5.56 Å². The number of benzene rings is 3. The second-order valence-electron chi connectivity index (χ2n) is 6.30. The summed E-state index contributed by atoms with van der Waals surface area (Å²) in [6, 6.07) is 27.4. The third kappa shape index (κ3) is 4.45. The minimum absolute atomic E-state index is 0.525. The lowest BCUT2D eigenvalue weighted by Gasteiger charge is -2.13. The first-order valence-corrected chi connectivity index (χ1v) is 9.02. The summed E-state index contributed by atoms with van der Waals surface area (Å²) >= 11 is 0. The SMILES string of the molecule is Cc1cccc(Nc2nccc(Nc3ccccc3Oc3ccccc3)n2)c1. The van der Waals surface area contributed by atoms with Crippen LogP contribution in [0.3, 0.4) is 0 Å². The largest absolute Gasteiger partial charge is 0.455 e. The molecule has 0 aliphatic rings. The summed E-state index contributed by atoms with van der Waals surface area (Å²) in [5, 5.41) is 6.55. The van der Waals surface area contributed by atoms with E-state index in [1.807, 2.05) is 91.9 Å². The first kappa shape index (κ1) is 17.5. The van der Waals surface area contributed by atoms with Gasteiger partial charge in [0.15, 0.2) is 5.75 Å². The molecule has 0 atom stereocenters. The van der Waals surface area contributed by atoms with Crippen molar-refractivity contribution in [1.29, 1.82) is 0 Å². The number of nitrogens with zero attached hydrogens (tertiary/aromatic N) is 2. The Morgan fingerprint density at radius 3 is 2.46 bits per heavy atom. The van der Waals surface area contributed by atoms with Gasteiger partial charge in [0, 0.05) is 11.9 Å². The Morgan fingerprint density at radius 1 is 0.786 bits per heavy atom. The Hall–Kier alpha value is -3.86. The molecule has 5 heteroatoms. The average molecular weight is 368 g/mol. The quantitative estimate of drug-likeness (QED) is 0.433. The minimum atomic E-state index is 0.525. The van der Waals surface area contributed by atoms with Crippen molar-refractivity contribution in [1.82, 2.24) is 9.97 Å². The molecule has 0 amide bonds. The van der Waals surface area contributed by atoms with Crippen LogP contribution >= 0.6 is 0 Å². The lowest BCUT2D eigenvalue weighted by Crippen LogP contribution is -2.01. The van der Waals surface area contributed by atoms with Crippen LogP contribution in [0.5, 0.6) is 11.5 Å². The zero-order chi connectivity index (χ0) is 19.2. The molecule has 0 spiro atoms. The van der Waals surface area contributed by atoms with E-state index in [1.54, 1.807) is 6.20 Å². The fourth-order valence-corrected chi connectivity index (χ4v) is 2.75. The van der Waals surface area contributed by atoms with E-state index in [9.17, 15) is 0 Å². The maximum Gasteiger partial charge on any atom is 0.229 e. The number of anilines is 4. The fourth-order valence-electron chi connectivity index (χ4n) is 2.75. The number of para-hydroxylation sites is 3. The van der Waals surface area contributed by atoms with Gasteiger partial charge >= 0.3 is 0 Å². The second kappa shape index (κ2) is 8.22. The highest BCUT2D eigenvalue weighted by Crippen LogP contribution is 2.31. The molecule has 2 N–H and O–H groups in total. The predicted octanol–water partition coefficient (Wildman–Crippen LogP) is 6.06. The molecule has 0 unspecified atom stereocenters. The van der Waals surface area contributed by atoms with Gasteiger partial charge < -0.3 is 15.4 Å². The van der Waals surface area contributed by atoms with Crippen molar-refractivity contribution in [2.75, 3.05) is 10.6 Å². The number of aryl methyl sites for hydroxylation is 1. The van der Waals surface area contributed by atoms with Crippen molar-refractivity contribution in [2.24, 2.45) is 0 Å². The molecular formula is C23H20N4O. The summed E-state index contributed by atoms with van der Waals surface area (Å²) in [7, 11) is 0. The van der Waals surface area contributed by atoms with Gasteiger partial charge in [-0.1, -0.05) is 42.5 Å². The normalized spacial score (nSPS) is 10.3. The van der Waals surface area contributed by atoms with Crippen LogP contribution in [0.15, 0.2) is 91.1 Å². The van der Waals surface area contributed by atoms with Crippen LogP contribution in [0.25, 0.3) is 0 Å². The van der Waals surface area contributed by atoms with E-state index in [0.29, 0.717) is 11.8 Å². The predicted molar refractivity (Wildman–Crippen MR) is 113 cm³/mol. The number of ether oxygens (including phenoxy) is 1. The second-order valence-corrected chi connectivity index (χ2v) is 6.30. The van der Waals surface area contributed by atoms with Crippen molar-refractivity contribution in [3.63, 3.8) is 0 Å². The van der Waals surface area contributed by atoms with E-state index in [0.717, 1.165) is 22.9 Å². The third-order valence-corrected chi connectivity index (χ3v) is 4.05. The van der Waals surface area contributed by atoms with Gasteiger partial charge in [0.2, 0.25) is 5.95 Å². The highest BCUT2D eigenvalue weighted by Gasteiger charge is 2.07. The minimum Gasteiger partial charge on any atom is -0.455 e. The van der Waals surface area contributed by atoms with Crippen LogP contribution in [-0.4, -0.2) is 9.97 Å². The van der Waals surface area contributed by atoms with Gasteiger partial charge in [-0.25, -0.2) is 4.98 Å². The molecule has 3 aromatic carbocycles. The number of hydrogen-bond acceptors (Lipinski definition) is 5. The summed E-state index contributed by atoms with van der Waals surface area (Å²) in [5.74, 6) is 2.70. The highest BCUT2D eigenvalue weighted by molar-refractivity contribution is 5.65. The van der Waals surface area contributed by atoms with Crippen LogP contribution in [0.2, 0.25) is 0 Å². The summed E-state index contributed by atoms with van der Waals surface area (Å²) in [6.45, 7) is 2.05. The van der Waals surface area contributed by atoms with Crippen LogP contribution in [0.1, 0.15) is 5.56 Å². The zero-order valence-corrected chi connectivity index (χ0v) is 15.5.